The Kier molecular flexibility index (Phi) is 5.48. The number of benzene rings is 2. The number of aryl methyl sites for hydroxylation is 1. The summed E-state index contributed by atoms with van der Waals surface area (Å²) in [6.07, 6.45) is 6.06. The third-order valence-electron chi connectivity index (χ3n) is 5.80. The lowest BCUT2D eigenvalue weighted by molar-refractivity contribution is -0.305. The summed E-state index contributed by atoms with van der Waals surface area (Å²) in [5.41, 5.74) is 2.61. The Hall–Kier alpha value is -4.19. The molecule has 9 nitrogen and oxygen atoms in total. The van der Waals surface area contributed by atoms with E-state index in [2.05, 4.69) is 21.3 Å². The van der Waals surface area contributed by atoms with Gasteiger partial charge in [-0.05, 0) is 62.1 Å². The Morgan fingerprint density at radius 2 is 2.03 bits per heavy atom. The maximum Gasteiger partial charge on any atom is 0.258 e. The van der Waals surface area contributed by atoms with E-state index >= 15 is 0 Å². The summed E-state index contributed by atoms with van der Waals surface area (Å²) in [5, 5.41) is 29.5. The number of carboxylic acids is 1. The predicted molar refractivity (Wildman–Crippen MR) is 116 cm³/mol. The molecule has 1 aliphatic carbocycles. The molecule has 0 amide bonds. The molecule has 0 saturated heterocycles. The van der Waals surface area contributed by atoms with Gasteiger partial charge in [0.2, 0.25) is 5.82 Å². The van der Waals surface area contributed by atoms with Crippen LogP contribution in [0.5, 0.6) is 5.75 Å². The van der Waals surface area contributed by atoms with Gasteiger partial charge in [0.25, 0.3) is 5.89 Å². The van der Waals surface area contributed by atoms with E-state index in [1.165, 1.54) is 0 Å². The van der Waals surface area contributed by atoms with Crippen LogP contribution in [0.15, 0.2) is 47.1 Å². The lowest BCUT2D eigenvalue weighted by Gasteiger charge is -2.14. The van der Waals surface area contributed by atoms with E-state index in [0.717, 1.165) is 42.1 Å². The van der Waals surface area contributed by atoms with Crippen LogP contribution < -0.4 is 9.84 Å². The highest BCUT2D eigenvalue weighted by molar-refractivity contribution is 5.83. The number of aliphatic carboxylic acids is 1. The molecule has 0 radical (unpaired) electrons. The molecule has 0 N–H and O–H groups in total. The van der Waals surface area contributed by atoms with E-state index in [-0.39, 0.29) is 19.1 Å². The average Bonchev–Trinajstić information content (AvgIpc) is 3.58. The maximum absolute atomic E-state index is 10.7. The number of aromatic nitrogens is 4. The second kappa shape index (κ2) is 8.74. The summed E-state index contributed by atoms with van der Waals surface area (Å²) >= 11 is 0. The molecule has 0 bridgehead atoms. The highest BCUT2D eigenvalue weighted by Crippen LogP contribution is 2.31. The summed E-state index contributed by atoms with van der Waals surface area (Å²) in [6.45, 7) is 0.235. The van der Waals surface area contributed by atoms with Crippen LogP contribution in [0, 0.1) is 11.3 Å². The Morgan fingerprint density at radius 3 is 2.82 bits per heavy atom. The molecule has 0 unspecified atom stereocenters. The van der Waals surface area contributed by atoms with Gasteiger partial charge in [0, 0.05) is 35.4 Å². The second-order valence-electron chi connectivity index (χ2n) is 8.03. The Bertz CT molecular complexity index is 1360. The van der Waals surface area contributed by atoms with Gasteiger partial charge in [-0.25, -0.2) is 0 Å². The van der Waals surface area contributed by atoms with Gasteiger partial charge in [-0.1, -0.05) is 5.16 Å². The van der Waals surface area contributed by atoms with Crippen LogP contribution in [0.3, 0.4) is 0 Å². The first-order valence-corrected chi connectivity index (χ1v) is 10.8. The lowest BCUT2D eigenvalue weighted by atomic mass is 10.1. The van der Waals surface area contributed by atoms with Crippen LogP contribution in [0.25, 0.3) is 33.7 Å². The Balaban J connectivity index is 1.38. The summed E-state index contributed by atoms with van der Waals surface area (Å²) in [7, 11) is 0. The highest BCUT2D eigenvalue weighted by atomic mass is 16.5. The van der Waals surface area contributed by atoms with Crippen LogP contribution in [-0.4, -0.2) is 32.0 Å². The van der Waals surface area contributed by atoms with E-state index < -0.39 is 5.97 Å². The van der Waals surface area contributed by atoms with Gasteiger partial charge in [-0.2, -0.15) is 15.3 Å². The molecule has 2 aromatic heterocycles. The van der Waals surface area contributed by atoms with Crippen LogP contribution in [0.1, 0.15) is 37.7 Å². The fourth-order valence-electron chi connectivity index (χ4n) is 4.10. The minimum Gasteiger partial charge on any atom is -0.550 e. The largest absolute Gasteiger partial charge is 0.550 e. The molecule has 33 heavy (non-hydrogen) atoms. The third-order valence-corrected chi connectivity index (χ3v) is 5.80. The van der Waals surface area contributed by atoms with Gasteiger partial charge >= 0.3 is 0 Å². The quantitative estimate of drug-likeness (QED) is 0.427. The van der Waals surface area contributed by atoms with E-state index in [1.807, 2.05) is 24.3 Å². The van der Waals surface area contributed by atoms with Gasteiger partial charge in [-0.3, -0.25) is 4.68 Å². The number of carbonyl (C=O) groups is 1. The van der Waals surface area contributed by atoms with E-state index in [4.69, 9.17) is 9.26 Å². The van der Waals surface area contributed by atoms with E-state index in [9.17, 15) is 15.2 Å². The zero-order valence-corrected chi connectivity index (χ0v) is 17.7. The SMILES string of the molecule is N#Cc1cc(-c2nc(-c3ccc4c(cnn4CCC(=O)[O-])c3)no2)ccc1OC1CCCC1. The number of ether oxygens (including phenoxy) is 1. The molecule has 2 heterocycles. The molecule has 0 atom stereocenters. The number of carbonyl (C=O) groups excluding carboxylic acids is 1. The van der Waals surface area contributed by atoms with Gasteiger partial charge in [0.15, 0.2) is 0 Å². The van der Waals surface area contributed by atoms with E-state index in [0.29, 0.717) is 28.6 Å². The molecule has 1 saturated carbocycles. The minimum atomic E-state index is -1.12. The number of rotatable bonds is 7. The first-order chi connectivity index (χ1) is 16.1. The minimum absolute atomic E-state index is 0.109. The molecule has 0 aliphatic heterocycles. The summed E-state index contributed by atoms with van der Waals surface area (Å²) in [6, 6.07) is 13.0. The summed E-state index contributed by atoms with van der Waals surface area (Å²) in [4.78, 5) is 15.2. The summed E-state index contributed by atoms with van der Waals surface area (Å²) < 4.78 is 13.1. The van der Waals surface area contributed by atoms with Crippen LogP contribution in [0.4, 0.5) is 0 Å². The Morgan fingerprint density at radius 1 is 1.21 bits per heavy atom. The van der Waals surface area contributed by atoms with Crippen LogP contribution in [0.2, 0.25) is 0 Å². The number of hydrogen-bond donors (Lipinski definition) is 0. The number of fused-ring (bicyclic) bond motifs is 1. The normalized spacial score (nSPS) is 13.9. The zero-order chi connectivity index (χ0) is 22.8. The molecule has 0 spiro atoms. The molecule has 1 fully saturated rings. The molecular formula is C24H20N5O4-. The van der Waals surface area contributed by atoms with Crippen molar-refractivity contribution in [3.05, 3.63) is 48.2 Å². The summed E-state index contributed by atoms with van der Waals surface area (Å²) in [5.74, 6) is 0.166. The molecule has 4 aromatic rings. The highest BCUT2D eigenvalue weighted by Gasteiger charge is 2.19. The van der Waals surface area contributed by atoms with E-state index in [1.54, 1.807) is 23.0 Å². The number of nitrogens with zero attached hydrogens (tertiary/aromatic N) is 5. The standard InChI is InChI=1S/C24H21N5O4/c25-13-17-12-16(6-8-21(17)32-19-3-1-2-4-19)24-27-23(28-33-24)15-5-7-20-18(11-15)14-26-29(20)10-9-22(30)31/h5-8,11-12,14,19H,1-4,9-10H2,(H,30,31)/p-1. The van der Waals surface area contributed by atoms with Crippen molar-refractivity contribution in [2.75, 3.05) is 0 Å². The molecule has 2 aromatic carbocycles. The molecule has 9 heteroatoms. The van der Waals surface area contributed by atoms with Gasteiger partial charge in [0.05, 0.1) is 23.4 Å². The van der Waals surface area contributed by atoms with Crippen molar-refractivity contribution in [3.63, 3.8) is 0 Å². The fraction of sp³-hybridized carbons (Fsp3) is 0.292. The Labute approximate surface area is 189 Å². The van der Waals surface area contributed by atoms with Gasteiger partial charge in [-0.15, -0.1) is 0 Å². The average molecular weight is 442 g/mol. The molecular weight excluding hydrogens is 422 g/mol. The topological polar surface area (TPSA) is 130 Å². The zero-order valence-electron chi connectivity index (χ0n) is 17.7. The van der Waals surface area contributed by atoms with Crippen molar-refractivity contribution in [2.24, 2.45) is 0 Å². The number of hydrogen-bond acceptors (Lipinski definition) is 8. The monoisotopic (exact) mass is 442 g/mol. The van der Waals surface area contributed by atoms with Crippen LogP contribution >= 0.6 is 0 Å². The predicted octanol–water partition coefficient (Wildman–Crippen LogP) is 3.09. The molecule has 5 rings (SSSR count). The maximum atomic E-state index is 10.7. The van der Waals surface area contributed by atoms with Crippen LogP contribution in [-0.2, 0) is 11.3 Å². The van der Waals surface area contributed by atoms with Crippen molar-refractivity contribution < 1.29 is 19.2 Å². The van der Waals surface area contributed by atoms with Gasteiger partial charge < -0.3 is 19.2 Å². The van der Waals surface area contributed by atoms with Gasteiger partial charge in [0.1, 0.15) is 11.8 Å². The first-order valence-electron chi connectivity index (χ1n) is 10.8. The fourth-order valence-corrected chi connectivity index (χ4v) is 4.10. The number of carboxylic acid groups (broad SMARTS) is 1. The second-order valence-corrected chi connectivity index (χ2v) is 8.03. The molecule has 166 valence electrons. The smallest absolute Gasteiger partial charge is 0.258 e. The lowest BCUT2D eigenvalue weighted by Crippen LogP contribution is -2.23. The first kappa shape index (κ1) is 20.7. The van der Waals surface area contributed by atoms with Crippen molar-refractivity contribution >= 4 is 16.9 Å². The number of nitriles is 1. The van der Waals surface area contributed by atoms with Crippen molar-refractivity contribution in [1.82, 2.24) is 19.9 Å². The molecule has 1 aliphatic rings. The van der Waals surface area contributed by atoms with Crippen molar-refractivity contribution in [1.29, 1.82) is 5.26 Å². The van der Waals surface area contributed by atoms with Crippen molar-refractivity contribution in [3.8, 4) is 34.7 Å². The third kappa shape index (κ3) is 4.28. The van der Waals surface area contributed by atoms with Crippen molar-refractivity contribution in [2.45, 2.75) is 44.8 Å².